The number of tetrazole rings is 1. The number of rotatable bonds is 10. The number of nitrogens with one attached hydrogen (secondary N) is 2. The number of aromatic amines is 1. The van der Waals surface area contributed by atoms with Gasteiger partial charge >= 0.3 is 6.09 Å². The summed E-state index contributed by atoms with van der Waals surface area (Å²) in [6.45, 7) is 2.60. The molecule has 0 atom stereocenters. The summed E-state index contributed by atoms with van der Waals surface area (Å²) < 4.78 is 17.9. The largest absolute Gasteiger partial charge is 0.485 e. The zero-order valence-corrected chi connectivity index (χ0v) is 23.6. The molecule has 9 nitrogen and oxygen atoms in total. The highest BCUT2D eigenvalue weighted by Crippen LogP contribution is 2.38. The first kappa shape index (κ1) is 27.3. The third-order valence-corrected chi connectivity index (χ3v) is 7.19. The Morgan fingerprint density at radius 3 is 2.69 bits per heavy atom. The van der Waals surface area contributed by atoms with E-state index < -0.39 is 6.09 Å². The third-order valence-electron chi connectivity index (χ3n) is 6.94. The van der Waals surface area contributed by atoms with Crippen molar-refractivity contribution < 1.29 is 18.7 Å². The number of ether oxygens (including phenoxy) is 2. The highest BCUT2D eigenvalue weighted by Gasteiger charge is 2.19. The number of carbonyl (C=O) groups excluding carboxylic acids is 1. The standard InChI is InChI=1S/C32H28ClN5O4/c1-2-3-7-28-31(25-6-4-5-8-26(25)41-28)42-32(39)34-18-20-9-15-24-22(17-20)12-16-27(40-19-29-35-37-38-36-29)30(24)21-10-13-23(33)14-11-21/h4-6,8-17H,2-3,7,18-19H2,1H3,(H,34,39)(H,35,36,37,38). The van der Waals surface area contributed by atoms with Gasteiger partial charge < -0.3 is 19.2 Å². The number of benzene rings is 4. The van der Waals surface area contributed by atoms with Crippen molar-refractivity contribution in [1.29, 1.82) is 0 Å². The van der Waals surface area contributed by atoms with Crippen LogP contribution in [0.4, 0.5) is 4.79 Å². The molecule has 1 amide bonds. The lowest BCUT2D eigenvalue weighted by atomic mass is 9.96. The number of halogens is 1. The molecule has 0 saturated carbocycles. The van der Waals surface area contributed by atoms with Crippen molar-refractivity contribution in [3.63, 3.8) is 0 Å². The maximum Gasteiger partial charge on any atom is 0.413 e. The summed E-state index contributed by atoms with van der Waals surface area (Å²) in [5.41, 5.74) is 3.50. The minimum absolute atomic E-state index is 0.190. The summed E-state index contributed by atoms with van der Waals surface area (Å²) in [5.74, 6) is 2.37. The van der Waals surface area contributed by atoms with E-state index in [1.54, 1.807) is 0 Å². The lowest BCUT2D eigenvalue weighted by Crippen LogP contribution is -2.26. The number of aryl methyl sites for hydroxylation is 1. The van der Waals surface area contributed by atoms with Crippen LogP contribution in [0.25, 0.3) is 32.9 Å². The molecular weight excluding hydrogens is 554 g/mol. The molecule has 6 aromatic rings. The van der Waals surface area contributed by atoms with Gasteiger partial charge in [-0.25, -0.2) is 9.89 Å². The van der Waals surface area contributed by atoms with E-state index in [0.29, 0.717) is 46.7 Å². The smallest absolute Gasteiger partial charge is 0.413 e. The molecule has 2 aromatic heterocycles. The number of fused-ring (bicyclic) bond motifs is 2. The molecule has 2 heterocycles. The Morgan fingerprint density at radius 1 is 1.02 bits per heavy atom. The minimum atomic E-state index is -0.535. The molecule has 42 heavy (non-hydrogen) atoms. The van der Waals surface area contributed by atoms with Gasteiger partial charge in [0.05, 0.1) is 5.39 Å². The van der Waals surface area contributed by atoms with Crippen LogP contribution in [-0.4, -0.2) is 26.7 Å². The number of para-hydroxylation sites is 1. The fraction of sp³-hybridized carbons (Fsp3) is 0.188. The predicted octanol–water partition coefficient (Wildman–Crippen LogP) is 7.63. The molecule has 0 bridgehead atoms. The van der Waals surface area contributed by atoms with Gasteiger partial charge in [-0.2, -0.15) is 0 Å². The summed E-state index contributed by atoms with van der Waals surface area (Å²) >= 11 is 6.16. The zero-order valence-electron chi connectivity index (χ0n) is 22.9. The van der Waals surface area contributed by atoms with Crippen LogP contribution >= 0.6 is 11.6 Å². The van der Waals surface area contributed by atoms with Gasteiger partial charge in [-0.1, -0.05) is 67.4 Å². The topological polar surface area (TPSA) is 115 Å². The third kappa shape index (κ3) is 5.91. The molecule has 0 fully saturated rings. The highest BCUT2D eigenvalue weighted by atomic mass is 35.5. The van der Waals surface area contributed by atoms with E-state index in [2.05, 4.69) is 32.9 Å². The Balaban J connectivity index is 1.22. The second-order valence-electron chi connectivity index (χ2n) is 9.83. The van der Waals surface area contributed by atoms with Crippen LogP contribution in [0, 0.1) is 0 Å². The number of hydrogen-bond acceptors (Lipinski definition) is 7. The van der Waals surface area contributed by atoms with Gasteiger partial charge in [0.2, 0.25) is 0 Å². The fourth-order valence-electron chi connectivity index (χ4n) is 4.88. The van der Waals surface area contributed by atoms with Crippen molar-refractivity contribution in [2.45, 2.75) is 39.3 Å². The van der Waals surface area contributed by atoms with E-state index in [1.807, 2.05) is 78.9 Å². The van der Waals surface area contributed by atoms with Crippen LogP contribution in [0.5, 0.6) is 11.5 Å². The van der Waals surface area contributed by atoms with E-state index in [1.165, 1.54) is 0 Å². The van der Waals surface area contributed by atoms with Gasteiger partial charge in [-0.3, -0.25) is 0 Å². The van der Waals surface area contributed by atoms with E-state index in [4.69, 9.17) is 25.5 Å². The van der Waals surface area contributed by atoms with E-state index in [-0.39, 0.29) is 6.61 Å². The number of aromatic nitrogens is 4. The number of hydrogen-bond donors (Lipinski definition) is 2. The Morgan fingerprint density at radius 2 is 1.88 bits per heavy atom. The van der Waals surface area contributed by atoms with Crippen LogP contribution < -0.4 is 14.8 Å². The van der Waals surface area contributed by atoms with Gasteiger partial charge in [-0.05, 0) is 75.1 Å². The number of carbonyl (C=O) groups is 1. The molecular formula is C32H28ClN5O4. The van der Waals surface area contributed by atoms with Crippen LogP contribution in [0.15, 0.2) is 83.3 Å². The second-order valence-corrected chi connectivity index (χ2v) is 10.3. The van der Waals surface area contributed by atoms with Crippen molar-refractivity contribution in [1.82, 2.24) is 25.9 Å². The molecule has 6 rings (SSSR count). The molecule has 0 spiro atoms. The summed E-state index contributed by atoms with van der Waals surface area (Å²) in [4.78, 5) is 12.9. The molecule has 0 unspecified atom stereocenters. The normalized spacial score (nSPS) is 11.2. The minimum Gasteiger partial charge on any atom is -0.485 e. The van der Waals surface area contributed by atoms with Crippen molar-refractivity contribution >= 4 is 39.4 Å². The molecule has 0 aliphatic rings. The molecule has 4 aromatic carbocycles. The molecule has 0 aliphatic heterocycles. The summed E-state index contributed by atoms with van der Waals surface area (Å²) in [7, 11) is 0. The Labute approximate surface area is 246 Å². The van der Waals surface area contributed by atoms with Crippen LogP contribution in [0.2, 0.25) is 5.02 Å². The molecule has 0 radical (unpaired) electrons. The average molecular weight is 582 g/mol. The first-order valence-electron chi connectivity index (χ1n) is 13.7. The molecule has 2 N–H and O–H groups in total. The van der Waals surface area contributed by atoms with Crippen molar-refractivity contribution in [3.8, 4) is 22.6 Å². The molecule has 0 aliphatic carbocycles. The number of amides is 1. The summed E-state index contributed by atoms with van der Waals surface area (Å²) in [6, 6.07) is 25.2. The van der Waals surface area contributed by atoms with E-state index in [0.717, 1.165) is 45.7 Å². The lowest BCUT2D eigenvalue weighted by Gasteiger charge is -2.15. The van der Waals surface area contributed by atoms with Gasteiger partial charge in [-0.15, -0.1) is 5.10 Å². The first-order chi connectivity index (χ1) is 20.6. The SMILES string of the molecule is CCCCc1oc2ccccc2c1OC(=O)NCc1ccc2c(-c3ccc(Cl)cc3)c(OCc3nnn[nH]3)ccc2c1. The average Bonchev–Trinajstić information content (AvgIpc) is 3.66. The molecule has 10 heteroatoms. The van der Waals surface area contributed by atoms with Gasteiger partial charge in [0.1, 0.15) is 23.7 Å². The number of furan rings is 1. The molecule has 212 valence electrons. The number of unbranched alkanes of at least 4 members (excludes halogenated alkanes) is 1. The second kappa shape index (κ2) is 12.3. The monoisotopic (exact) mass is 581 g/mol. The zero-order chi connectivity index (χ0) is 28.9. The van der Waals surface area contributed by atoms with Crippen molar-refractivity contribution in [2.24, 2.45) is 0 Å². The van der Waals surface area contributed by atoms with Crippen LogP contribution in [-0.2, 0) is 19.6 Å². The summed E-state index contributed by atoms with van der Waals surface area (Å²) in [5, 5.41) is 20.1. The number of H-pyrrole nitrogens is 1. The Bertz CT molecular complexity index is 1830. The van der Waals surface area contributed by atoms with Crippen molar-refractivity contribution in [3.05, 3.63) is 101 Å². The fourth-order valence-corrected chi connectivity index (χ4v) is 5.01. The van der Waals surface area contributed by atoms with E-state index in [9.17, 15) is 4.79 Å². The van der Waals surface area contributed by atoms with Gasteiger partial charge in [0, 0.05) is 23.6 Å². The quantitative estimate of drug-likeness (QED) is 0.171. The van der Waals surface area contributed by atoms with Crippen LogP contribution in [0.3, 0.4) is 0 Å². The predicted molar refractivity (Wildman–Crippen MR) is 161 cm³/mol. The summed E-state index contributed by atoms with van der Waals surface area (Å²) in [6.07, 6.45) is 2.12. The highest BCUT2D eigenvalue weighted by molar-refractivity contribution is 6.30. The Hall–Kier alpha value is -4.89. The Kier molecular flexibility index (Phi) is 8.00. The molecule has 0 saturated heterocycles. The number of nitrogens with zero attached hydrogens (tertiary/aromatic N) is 3. The maximum atomic E-state index is 12.9. The lowest BCUT2D eigenvalue weighted by molar-refractivity contribution is 0.199. The van der Waals surface area contributed by atoms with Crippen LogP contribution in [0.1, 0.15) is 36.9 Å². The first-order valence-corrected chi connectivity index (χ1v) is 14.1. The maximum absolute atomic E-state index is 12.9. The van der Waals surface area contributed by atoms with E-state index >= 15 is 0 Å². The van der Waals surface area contributed by atoms with Gasteiger partial charge in [0.25, 0.3) is 0 Å². The van der Waals surface area contributed by atoms with Crippen molar-refractivity contribution in [2.75, 3.05) is 0 Å². The van der Waals surface area contributed by atoms with Gasteiger partial charge in [0.15, 0.2) is 11.6 Å².